The van der Waals surface area contributed by atoms with Crippen LogP contribution in [0.4, 0.5) is 0 Å². The molecule has 1 aromatic carbocycles. The normalized spacial score (nSPS) is 16.8. The number of rotatable bonds is 6. The third-order valence-corrected chi connectivity index (χ3v) is 5.42. The monoisotopic (exact) mass is 411 g/mol. The lowest BCUT2D eigenvalue weighted by molar-refractivity contribution is -0.127. The topological polar surface area (TPSA) is 84.4 Å². The Morgan fingerprint density at radius 1 is 1.30 bits per heavy atom. The standard InChI is InChI=1S/C18H19Cl2N3O4/c1-3-23-18(26)12(8-21-23)16(25)11-5-6-13(19)17(15(11)20)27-9-10-4-7-14(24)22(10)2/h5-6,8,10,21H,3-4,7,9H2,1-2H3. The maximum Gasteiger partial charge on any atom is 0.277 e. The predicted molar refractivity (Wildman–Crippen MR) is 102 cm³/mol. The summed E-state index contributed by atoms with van der Waals surface area (Å²) in [5.41, 5.74) is -0.290. The van der Waals surface area contributed by atoms with Crippen molar-refractivity contribution < 1.29 is 14.3 Å². The number of aromatic amines is 1. The molecule has 0 aliphatic carbocycles. The number of carbonyl (C=O) groups is 2. The first-order valence-electron chi connectivity index (χ1n) is 8.54. The molecule has 1 aliphatic heterocycles. The third kappa shape index (κ3) is 3.61. The molecule has 2 aromatic rings. The smallest absolute Gasteiger partial charge is 0.277 e. The molecule has 27 heavy (non-hydrogen) atoms. The minimum absolute atomic E-state index is 0.00635. The number of ether oxygens (including phenoxy) is 1. The summed E-state index contributed by atoms with van der Waals surface area (Å²) in [4.78, 5) is 38.2. The number of amides is 1. The number of halogens is 2. The quantitative estimate of drug-likeness (QED) is 0.740. The highest BCUT2D eigenvalue weighted by molar-refractivity contribution is 6.39. The molecule has 0 radical (unpaired) electrons. The number of nitrogens with one attached hydrogen (secondary N) is 1. The number of benzene rings is 1. The van der Waals surface area contributed by atoms with Crippen LogP contribution in [0.3, 0.4) is 0 Å². The van der Waals surface area contributed by atoms with Crippen LogP contribution in [0.1, 0.15) is 35.7 Å². The van der Waals surface area contributed by atoms with Crippen molar-refractivity contribution in [2.24, 2.45) is 0 Å². The lowest BCUT2D eigenvalue weighted by Gasteiger charge is -2.21. The minimum atomic E-state index is -0.511. The van der Waals surface area contributed by atoms with Crippen molar-refractivity contribution >= 4 is 34.9 Å². The van der Waals surface area contributed by atoms with Gasteiger partial charge in [-0.2, -0.15) is 0 Å². The molecule has 2 heterocycles. The predicted octanol–water partition coefficient (Wildman–Crippen LogP) is 2.73. The number of carbonyl (C=O) groups excluding carboxylic acids is 2. The number of aromatic nitrogens is 2. The molecular weight excluding hydrogens is 393 g/mol. The molecule has 9 heteroatoms. The Hall–Kier alpha value is -2.25. The average Bonchev–Trinajstić information content (AvgIpc) is 3.17. The van der Waals surface area contributed by atoms with Crippen molar-refractivity contribution in [1.29, 1.82) is 0 Å². The number of likely N-dealkylation sites (tertiary alicyclic amines) is 1. The van der Waals surface area contributed by atoms with E-state index in [1.165, 1.54) is 23.0 Å². The molecule has 1 atom stereocenters. The molecule has 1 aliphatic rings. The Labute approximate surface area is 165 Å². The summed E-state index contributed by atoms with van der Waals surface area (Å²) in [6, 6.07) is 2.89. The van der Waals surface area contributed by atoms with Gasteiger partial charge in [-0.3, -0.25) is 19.1 Å². The molecule has 0 spiro atoms. The second-order valence-electron chi connectivity index (χ2n) is 6.31. The Balaban J connectivity index is 1.87. The molecule has 1 N–H and O–H groups in total. The van der Waals surface area contributed by atoms with Gasteiger partial charge in [-0.25, -0.2) is 0 Å². The summed E-state index contributed by atoms with van der Waals surface area (Å²) < 4.78 is 7.07. The molecule has 1 unspecified atom stereocenters. The van der Waals surface area contributed by atoms with Crippen molar-refractivity contribution in [3.63, 3.8) is 0 Å². The highest BCUT2D eigenvalue weighted by atomic mass is 35.5. The van der Waals surface area contributed by atoms with Crippen LogP contribution < -0.4 is 10.3 Å². The second-order valence-corrected chi connectivity index (χ2v) is 7.10. The molecule has 3 rings (SSSR count). The average molecular weight is 412 g/mol. The summed E-state index contributed by atoms with van der Waals surface area (Å²) in [5.74, 6) is -0.282. The van der Waals surface area contributed by atoms with Gasteiger partial charge < -0.3 is 14.7 Å². The fourth-order valence-electron chi connectivity index (χ4n) is 3.03. The number of aryl methyl sites for hydroxylation is 1. The van der Waals surface area contributed by atoms with Crippen LogP contribution in [-0.4, -0.2) is 46.1 Å². The van der Waals surface area contributed by atoms with Gasteiger partial charge in [-0.05, 0) is 25.5 Å². The van der Waals surface area contributed by atoms with E-state index in [2.05, 4.69) is 5.10 Å². The van der Waals surface area contributed by atoms with Crippen molar-refractivity contribution in [3.8, 4) is 5.75 Å². The maximum atomic E-state index is 12.8. The Kier molecular flexibility index (Phi) is 5.62. The van der Waals surface area contributed by atoms with Crippen LogP contribution in [0, 0.1) is 0 Å². The van der Waals surface area contributed by atoms with Gasteiger partial charge in [-0.15, -0.1) is 0 Å². The fraction of sp³-hybridized carbons (Fsp3) is 0.389. The summed E-state index contributed by atoms with van der Waals surface area (Å²) in [6.45, 7) is 2.42. The first kappa shape index (κ1) is 19.5. The number of hydrogen-bond donors (Lipinski definition) is 1. The number of H-pyrrole nitrogens is 1. The van der Waals surface area contributed by atoms with Gasteiger partial charge in [0.1, 0.15) is 12.2 Å². The summed E-state index contributed by atoms with van der Waals surface area (Å²) in [7, 11) is 1.72. The number of ketones is 1. The molecule has 1 saturated heterocycles. The van der Waals surface area contributed by atoms with Crippen molar-refractivity contribution in [1.82, 2.24) is 14.7 Å². The summed E-state index contributed by atoms with van der Waals surface area (Å²) in [6.07, 6.45) is 2.52. The van der Waals surface area contributed by atoms with Gasteiger partial charge in [-0.1, -0.05) is 23.2 Å². The Bertz CT molecular complexity index is 951. The number of hydrogen-bond acceptors (Lipinski definition) is 4. The van der Waals surface area contributed by atoms with E-state index < -0.39 is 11.3 Å². The van der Waals surface area contributed by atoms with Crippen LogP contribution in [0.25, 0.3) is 0 Å². The van der Waals surface area contributed by atoms with E-state index in [-0.39, 0.29) is 45.5 Å². The largest absolute Gasteiger partial charge is 0.488 e. The Morgan fingerprint density at radius 2 is 2.04 bits per heavy atom. The molecule has 1 aromatic heterocycles. The van der Waals surface area contributed by atoms with Gasteiger partial charge in [0, 0.05) is 31.8 Å². The molecule has 7 nitrogen and oxygen atoms in total. The second kappa shape index (κ2) is 7.78. The van der Waals surface area contributed by atoms with Crippen LogP contribution >= 0.6 is 23.2 Å². The maximum absolute atomic E-state index is 12.8. The minimum Gasteiger partial charge on any atom is -0.488 e. The summed E-state index contributed by atoms with van der Waals surface area (Å²) in [5, 5.41) is 3.03. The molecule has 144 valence electrons. The van der Waals surface area contributed by atoms with E-state index >= 15 is 0 Å². The van der Waals surface area contributed by atoms with Crippen molar-refractivity contribution in [2.45, 2.75) is 32.4 Å². The lowest BCUT2D eigenvalue weighted by atomic mass is 10.1. The van der Waals surface area contributed by atoms with Gasteiger partial charge in [0.05, 0.1) is 16.1 Å². The van der Waals surface area contributed by atoms with E-state index in [4.69, 9.17) is 27.9 Å². The molecule has 0 saturated carbocycles. The third-order valence-electron chi connectivity index (χ3n) is 4.75. The van der Waals surface area contributed by atoms with Gasteiger partial charge in [0.25, 0.3) is 5.56 Å². The Morgan fingerprint density at radius 3 is 2.63 bits per heavy atom. The van der Waals surface area contributed by atoms with Gasteiger partial charge in [0.15, 0.2) is 5.75 Å². The SMILES string of the molecule is CCn1[nH]cc(C(=O)c2ccc(Cl)c(OCC3CCC(=O)N3C)c2Cl)c1=O. The zero-order chi connectivity index (χ0) is 19.7. The number of likely N-dealkylation sites (N-methyl/N-ethyl adjacent to an activating group) is 1. The van der Waals surface area contributed by atoms with Crippen molar-refractivity contribution in [3.05, 3.63) is 49.9 Å². The first-order valence-corrected chi connectivity index (χ1v) is 9.30. The molecule has 1 amide bonds. The van der Waals surface area contributed by atoms with Crippen LogP contribution in [0.15, 0.2) is 23.1 Å². The van der Waals surface area contributed by atoms with Crippen LogP contribution in [-0.2, 0) is 11.3 Å². The molecular formula is C18H19Cl2N3O4. The highest BCUT2D eigenvalue weighted by Crippen LogP contribution is 2.37. The zero-order valence-corrected chi connectivity index (χ0v) is 16.4. The van der Waals surface area contributed by atoms with Crippen LogP contribution in [0.2, 0.25) is 10.0 Å². The van der Waals surface area contributed by atoms with E-state index in [1.54, 1.807) is 18.9 Å². The van der Waals surface area contributed by atoms with E-state index in [9.17, 15) is 14.4 Å². The highest BCUT2D eigenvalue weighted by Gasteiger charge is 2.29. The lowest BCUT2D eigenvalue weighted by Crippen LogP contribution is -2.33. The molecule has 1 fully saturated rings. The molecule has 0 bridgehead atoms. The van der Waals surface area contributed by atoms with Crippen molar-refractivity contribution in [2.75, 3.05) is 13.7 Å². The summed E-state index contributed by atoms with van der Waals surface area (Å²) >= 11 is 12.6. The van der Waals surface area contributed by atoms with Gasteiger partial charge >= 0.3 is 0 Å². The van der Waals surface area contributed by atoms with E-state index in [1.807, 2.05) is 0 Å². The van der Waals surface area contributed by atoms with Crippen LogP contribution in [0.5, 0.6) is 5.75 Å². The fourth-order valence-corrected chi connectivity index (χ4v) is 3.60. The van der Waals surface area contributed by atoms with Gasteiger partial charge in [0.2, 0.25) is 11.7 Å². The van der Waals surface area contributed by atoms with E-state index in [0.717, 1.165) is 0 Å². The number of nitrogens with zero attached hydrogens (tertiary/aromatic N) is 2. The first-order chi connectivity index (χ1) is 12.8. The zero-order valence-electron chi connectivity index (χ0n) is 14.9. The van der Waals surface area contributed by atoms with E-state index in [0.29, 0.717) is 19.4 Å².